The highest BCUT2D eigenvalue weighted by atomic mass is 32.2. The molecule has 25 heavy (non-hydrogen) atoms. The van der Waals surface area contributed by atoms with Crippen molar-refractivity contribution in [3.8, 4) is 5.69 Å². The van der Waals surface area contributed by atoms with Gasteiger partial charge in [0.1, 0.15) is 6.33 Å². The van der Waals surface area contributed by atoms with E-state index < -0.39 is 0 Å². The molecular formula is C18H16N4O2S. The molecule has 2 aromatic carbocycles. The minimum absolute atomic E-state index is 0.0344. The maximum absolute atomic E-state index is 12.2. The van der Waals surface area contributed by atoms with Crippen LogP contribution in [-0.2, 0) is 4.79 Å². The van der Waals surface area contributed by atoms with Crippen LogP contribution in [0.1, 0.15) is 17.3 Å². The van der Waals surface area contributed by atoms with Gasteiger partial charge in [0.2, 0.25) is 5.91 Å². The first-order chi connectivity index (χ1) is 12.1. The largest absolute Gasteiger partial charge is 0.326 e. The Morgan fingerprint density at radius 2 is 1.92 bits per heavy atom. The van der Waals surface area contributed by atoms with Crippen LogP contribution < -0.4 is 5.32 Å². The Bertz CT molecular complexity index is 893. The number of carbonyl (C=O) groups is 2. The second-order valence-corrected chi connectivity index (χ2v) is 6.24. The van der Waals surface area contributed by atoms with Crippen LogP contribution in [-0.4, -0.2) is 32.2 Å². The average molecular weight is 352 g/mol. The van der Waals surface area contributed by atoms with E-state index in [0.29, 0.717) is 16.4 Å². The monoisotopic (exact) mass is 352 g/mol. The molecule has 0 aliphatic carbocycles. The number of nitrogens with zero attached hydrogens (tertiary/aromatic N) is 3. The number of rotatable bonds is 6. The van der Waals surface area contributed by atoms with Gasteiger partial charge in [-0.1, -0.05) is 48.2 Å². The highest BCUT2D eigenvalue weighted by Gasteiger charge is 2.12. The first-order valence-corrected chi connectivity index (χ1v) is 8.61. The lowest BCUT2D eigenvalue weighted by atomic mass is 10.2. The zero-order valence-electron chi connectivity index (χ0n) is 13.5. The van der Waals surface area contributed by atoms with Crippen molar-refractivity contribution < 1.29 is 9.59 Å². The summed E-state index contributed by atoms with van der Waals surface area (Å²) in [6.07, 6.45) is 1.59. The van der Waals surface area contributed by atoms with Gasteiger partial charge in [0.25, 0.3) is 0 Å². The summed E-state index contributed by atoms with van der Waals surface area (Å²) in [5, 5.41) is 11.4. The van der Waals surface area contributed by atoms with Crippen molar-refractivity contribution in [3.63, 3.8) is 0 Å². The van der Waals surface area contributed by atoms with Crippen LogP contribution in [0.4, 0.5) is 5.69 Å². The first-order valence-electron chi connectivity index (χ1n) is 7.62. The predicted molar refractivity (Wildman–Crippen MR) is 97.2 cm³/mol. The van der Waals surface area contributed by atoms with Gasteiger partial charge in [-0.15, -0.1) is 10.2 Å². The molecule has 0 saturated heterocycles. The summed E-state index contributed by atoms with van der Waals surface area (Å²) in [6, 6.07) is 16.5. The summed E-state index contributed by atoms with van der Waals surface area (Å²) < 4.78 is 1.79. The fourth-order valence-electron chi connectivity index (χ4n) is 2.27. The SMILES string of the molecule is CC(=O)Nc1cccc(-n2cnnc2SCC(=O)c2ccccc2)c1. The van der Waals surface area contributed by atoms with Gasteiger partial charge in [-0.3, -0.25) is 14.2 Å². The van der Waals surface area contributed by atoms with E-state index in [1.165, 1.54) is 18.7 Å². The Hall–Kier alpha value is -2.93. The number of amides is 1. The number of nitrogens with one attached hydrogen (secondary N) is 1. The van der Waals surface area contributed by atoms with Crippen LogP contribution in [0.2, 0.25) is 0 Å². The van der Waals surface area contributed by atoms with Crippen LogP contribution in [0, 0.1) is 0 Å². The summed E-state index contributed by atoms with van der Waals surface area (Å²) >= 11 is 1.32. The smallest absolute Gasteiger partial charge is 0.221 e. The molecule has 0 aliphatic rings. The van der Waals surface area contributed by atoms with Crippen molar-refractivity contribution in [2.24, 2.45) is 0 Å². The molecule has 0 bridgehead atoms. The van der Waals surface area contributed by atoms with Crippen molar-refractivity contribution in [2.45, 2.75) is 12.1 Å². The standard InChI is InChI=1S/C18H16N4O2S/c1-13(23)20-15-8-5-9-16(10-15)22-12-19-21-18(22)25-11-17(24)14-6-3-2-4-7-14/h2-10,12H,11H2,1H3,(H,20,23). The lowest BCUT2D eigenvalue weighted by Gasteiger charge is -2.08. The highest BCUT2D eigenvalue weighted by Crippen LogP contribution is 2.22. The predicted octanol–water partition coefficient (Wildman–Crippen LogP) is 3.20. The molecular weight excluding hydrogens is 336 g/mol. The van der Waals surface area contributed by atoms with E-state index >= 15 is 0 Å². The molecule has 0 atom stereocenters. The minimum atomic E-state index is -0.135. The quantitative estimate of drug-likeness (QED) is 0.544. The number of Topliss-reactive ketones (excluding diaryl/α,β-unsaturated/α-hetero) is 1. The molecule has 0 spiro atoms. The number of thioether (sulfide) groups is 1. The molecule has 1 amide bonds. The number of ketones is 1. The van der Waals surface area contributed by atoms with Crippen LogP contribution in [0.3, 0.4) is 0 Å². The molecule has 0 unspecified atom stereocenters. The van der Waals surface area contributed by atoms with Crippen molar-refractivity contribution in [1.82, 2.24) is 14.8 Å². The van der Waals surface area contributed by atoms with Gasteiger partial charge >= 0.3 is 0 Å². The fourth-order valence-corrected chi connectivity index (χ4v) is 3.10. The second-order valence-electron chi connectivity index (χ2n) is 5.29. The number of hydrogen-bond acceptors (Lipinski definition) is 5. The third kappa shape index (κ3) is 4.33. The van der Waals surface area contributed by atoms with Crippen LogP contribution in [0.25, 0.3) is 5.69 Å². The Balaban J connectivity index is 1.75. The van der Waals surface area contributed by atoms with Crippen molar-refractivity contribution in [3.05, 3.63) is 66.5 Å². The minimum Gasteiger partial charge on any atom is -0.326 e. The summed E-state index contributed by atoms with van der Waals surface area (Å²) in [7, 11) is 0. The maximum Gasteiger partial charge on any atom is 0.221 e. The Morgan fingerprint density at radius 3 is 2.68 bits per heavy atom. The lowest BCUT2D eigenvalue weighted by Crippen LogP contribution is -2.06. The molecule has 126 valence electrons. The molecule has 6 nitrogen and oxygen atoms in total. The number of benzene rings is 2. The van der Waals surface area contributed by atoms with Crippen LogP contribution in [0.15, 0.2) is 66.1 Å². The third-order valence-corrected chi connectivity index (χ3v) is 4.33. The third-order valence-electron chi connectivity index (χ3n) is 3.39. The van der Waals surface area contributed by atoms with E-state index in [-0.39, 0.29) is 17.4 Å². The van der Waals surface area contributed by atoms with Crippen molar-refractivity contribution in [2.75, 3.05) is 11.1 Å². The number of anilines is 1. The van der Waals surface area contributed by atoms with Crippen LogP contribution >= 0.6 is 11.8 Å². The average Bonchev–Trinajstić information content (AvgIpc) is 3.08. The molecule has 1 aromatic heterocycles. The van der Waals surface area contributed by atoms with Gasteiger partial charge in [0.15, 0.2) is 10.9 Å². The van der Waals surface area contributed by atoms with Crippen molar-refractivity contribution >= 4 is 29.1 Å². The Morgan fingerprint density at radius 1 is 1.12 bits per heavy atom. The maximum atomic E-state index is 12.2. The van der Waals surface area contributed by atoms with Gasteiger partial charge in [-0.25, -0.2) is 0 Å². The van der Waals surface area contributed by atoms with E-state index in [9.17, 15) is 9.59 Å². The zero-order chi connectivity index (χ0) is 17.6. The van der Waals surface area contributed by atoms with E-state index in [1.54, 1.807) is 29.1 Å². The molecule has 0 aliphatic heterocycles. The number of aromatic nitrogens is 3. The zero-order valence-corrected chi connectivity index (χ0v) is 14.4. The Labute approximate surface area is 149 Å². The van der Waals surface area contributed by atoms with Gasteiger partial charge < -0.3 is 5.32 Å². The van der Waals surface area contributed by atoms with Gasteiger partial charge in [0, 0.05) is 18.2 Å². The fraction of sp³-hybridized carbons (Fsp3) is 0.111. The lowest BCUT2D eigenvalue weighted by molar-refractivity contribution is -0.114. The molecule has 1 heterocycles. The molecule has 0 fully saturated rings. The molecule has 0 radical (unpaired) electrons. The molecule has 3 rings (SSSR count). The second kappa shape index (κ2) is 7.76. The Kier molecular flexibility index (Phi) is 5.25. The normalized spacial score (nSPS) is 10.4. The topological polar surface area (TPSA) is 76.9 Å². The molecule has 0 saturated carbocycles. The summed E-state index contributed by atoms with van der Waals surface area (Å²) in [5.41, 5.74) is 2.18. The van der Waals surface area contributed by atoms with Crippen molar-refractivity contribution in [1.29, 1.82) is 0 Å². The van der Waals surface area contributed by atoms with E-state index in [0.717, 1.165) is 5.69 Å². The first kappa shape index (κ1) is 16.9. The van der Waals surface area contributed by atoms with E-state index in [2.05, 4.69) is 15.5 Å². The van der Waals surface area contributed by atoms with Crippen LogP contribution in [0.5, 0.6) is 0 Å². The molecule has 1 N–H and O–H groups in total. The molecule has 7 heteroatoms. The summed E-state index contributed by atoms with van der Waals surface area (Å²) in [5.74, 6) is 0.171. The van der Waals surface area contributed by atoms with Gasteiger partial charge in [-0.05, 0) is 18.2 Å². The van der Waals surface area contributed by atoms with Gasteiger partial charge in [-0.2, -0.15) is 0 Å². The van der Waals surface area contributed by atoms with Gasteiger partial charge in [0.05, 0.1) is 11.4 Å². The number of carbonyl (C=O) groups excluding carboxylic acids is 2. The van der Waals surface area contributed by atoms with E-state index in [4.69, 9.17) is 0 Å². The summed E-state index contributed by atoms with van der Waals surface area (Å²) in [4.78, 5) is 23.4. The molecule has 3 aromatic rings. The summed E-state index contributed by atoms with van der Waals surface area (Å²) in [6.45, 7) is 1.46. The van der Waals surface area contributed by atoms with E-state index in [1.807, 2.05) is 36.4 Å². The number of hydrogen-bond donors (Lipinski definition) is 1. The highest BCUT2D eigenvalue weighted by molar-refractivity contribution is 7.99.